The molecule has 0 saturated carbocycles. The summed E-state index contributed by atoms with van der Waals surface area (Å²) in [6, 6.07) is 4.53. The van der Waals surface area contributed by atoms with Crippen LogP contribution in [0.1, 0.15) is 52.8 Å². The van der Waals surface area contributed by atoms with Crippen molar-refractivity contribution in [2.24, 2.45) is 5.92 Å². The molecule has 1 aromatic carbocycles. The number of halogens is 4. The highest BCUT2D eigenvalue weighted by molar-refractivity contribution is 5.94. The van der Waals surface area contributed by atoms with Crippen LogP contribution in [-0.2, 0) is 19.1 Å². The summed E-state index contributed by atoms with van der Waals surface area (Å²) in [5, 5.41) is 13.0. The second-order valence-electron chi connectivity index (χ2n) is 6.77. The van der Waals surface area contributed by atoms with E-state index in [1.807, 2.05) is 13.8 Å². The van der Waals surface area contributed by atoms with Crippen molar-refractivity contribution in [1.82, 2.24) is 20.8 Å². The predicted octanol–water partition coefficient (Wildman–Crippen LogP) is 3.62. The highest BCUT2D eigenvalue weighted by atomic mass is 35.5. The number of amides is 1. The molecule has 1 atom stereocenters. The summed E-state index contributed by atoms with van der Waals surface area (Å²) in [6.07, 6.45) is -3.66. The number of aromatic amines is 1. The van der Waals surface area contributed by atoms with E-state index in [4.69, 9.17) is 0 Å². The van der Waals surface area contributed by atoms with Gasteiger partial charge in [0.2, 0.25) is 0 Å². The highest BCUT2D eigenvalue weighted by Gasteiger charge is 2.32. The van der Waals surface area contributed by atoms with E-state index in [2.05, 4.69) is 20.8 Å². The summed E-state index contributed by atoms with van der Waals surface area (Å²) in [5.74, 6) is -0.474. The van der Waals surface area contributed by atoms with Crippen LogP contribution >= 0.6 is 12.4 Å². The van der Waals surface area contributed by atoms with Crippen molar-refractivity contribution in [1.29, 1.82) is 0 Å². The molecule has 3 N–H and O–H groups in total. The van der Waals surface area contributed by atoms with Gasteiger partial charge in [-0.15, -0.1) is 12.4 Å². The van der Waals surface area contributed by atoms with Crippen molar-refractivity contribution in [3.8, 4) is 0 Å². The van der Waals surface area contributed by atoms with E-state index in [0.717, 1.165) is 36.4 Å². The van der Waals surface area contributed by atoms with Gasteiger partial charge in [0, 0.05) is 30.8 Å². The highest BCUT2D eigenvalue weighted by Crippen LogP contribution is 2.32. The Morgan fingerprint density at radius 3 is 2.70 bits per heavy atom. The minimum atomic E-state index is -4.42. The fourth-order valence-electron chi connectivity index (χ4n) is 3.17. The standard InChI is InChI=1S/C18H21F3N4O.ClH/c1-10(2)15(11-4-3-5-12(8-11)18(19,20)21)23-17(26)16-13-9-22-7-6-14(13)24-25-16;/h3-5,8,10,15,22H,6-7,9H2,1-2H3,(H,23,26)(H,24,25);1H. The Morgan fingerprint density at radius 1 is 1.30 bits per heavy atom. The summed E-state index contributed by atoms with van der Waals surface area (Å²) in [6.45, 7) is 5.07. The smallest absolute Gasteiger partial charge is 0.344 e. The van der Waals surface area contributed by atoms with Gasteiger partial charge in [-0.3, -0.25) is 9.89 Å². The van der Waals surface area contributed by atoms with Crippen molar-refractivity contribution in [3.05, 3.63) is 52.3 Å². The Bertz CT molecular complexity index is 804. The van der Waals surface area contributed by atoms with Crippen LogP contribution in [0.4, 0.5) is 13.2 Å². The van der Waals surface area contributed by atoms with E-state index in [1.54, 1.807) is 6.07 Å². The number of nitrogens with one attached hydrogen (secondary N) is 3. The van der Waals surface area contributed by atoms with Gasteiger partial charge in [-0.05, 0) is 23.6 Å². The SMILES string of the molecule is CC(C)C(NC(=O)c1n[nH]c2c1CNCC2)c1cccc(C(F)(F)F)c1.Cl. The van der Waals surface area contributed by atoms with Gasteiger partial charge >= 0.3 is 6.18 Å². The molecule has 0 fully saturated rings. The molecule has 0 bridgehead atoms. The van der Waals surface area contributed by atoms with Crippen LogP contribution < -0.4 is 10.6 Å². The number of carbonyl (C=O) groups is 1. The lowest BCUT2D eigenvalue weighted by Crippen LogP contribution is -2.33. The Labute approximate surface area is 161 Å². The van der Waals surface area contributed by atoms with E-state index < -0.39 is 17.8 Å². The first-order chi connectivity index (χ1) is 12.3. The van der Waals surface area contributed by atoms with Gasteiger partial charge in [-0.2, -0.15) is 18.3 Å². The lowest BCUT2D eigenvalue weighted by Gasteiger charge is -2.24. The van der Waals surface area contributed by atoms with Crippen molar-refractivity contribution in [2.75, 3.05) is 6.54 Å². The molecule has 3 rings (SSSR count). The van der Waals surface area contributed by atoms with Gasteiger partial charge < -0.3 is 10.6 Å². The monoisotopic (exact) mass is 402 g/mol. The molecule has 0 radical (unpaired) electrons. The molecule has 1 aliphatic rings. The van der Waals surface area contributed by atoms with E-state index in [9.17, 15) is 18.0 Å². The minimum Gasteiger partial charge on any atom is -0.344 e. The number of hydrogen-bond donors (Lipinski definition) is 3. The van der Waals surface area contributed by atoms with Crippen molar-refractivity contribution >= 4 is 18.3 Å². The quantitative estimate of drug-likeness (QED) is 0.731. The Hall–Kier alpha value is -2.06. The third-order valence-corrected chi connectivity index (χ3v) is 4.55. The molecule has 0 aliphatic carbocycles. The molecular formula is C18H22ClF3N4O. The fourth-order valence-corrected chi connectivity index (χ4v) is 3.17. The van der Waals surface area contributed by atoms with Crippen LogP contribution in [0.2, 0.25) is 0 Å². The normalized spacial score (nSPS) is 15.0. The Kier molecular flexibility index (Phi) is 6.54. The van der Waals surface area contributed by atoms with Crippen LogP contribution in [0.25, 0.3) is 0 Å². The summed E-state index contributed by atoms with van der Waals surface area (Å²) in [5.41, 5.74) is 1.74. The van der Waals surface area contributed by atoms with Gasteiger partial charge in [-0.25, -0.2) is 0 Å². The Morgan fingerprint density at radius 2 is 2.04 bits per heavy atom. The van der Waals surface area contributed by atoms with E-state index >= 15 is 0 Å². The second-order valence-corrected chi connectivity index (χ2v) is 6.77. The number of aromatic nitrogens is 2. The predicted molar refractivity (Wildman–Crippen MR) is 97.7 cm³/mol. The van der Waals surface area contributed by atoms with Crippen LogP contribution in [0.3, 0.4) is 0 Å². The lowest BCUT2D eigenvalue weighted by molar-refractivity contribution is -0.137. The maximum Gasteiger partial charge on any atom is 0.416 e. The molecule has 1 unspecified atom stereocenters. The van der Waals surface area contributed by atoms with Crippen molar-refractivity contribution in [2.45, 2.75) is 39.0 Å². The molecule has 1 aliphatic heterocycles. The number of alkyl halides is 3. The minimum absolute atomic E-state index is 0. The van der Waals surface area contributed by atoms with Crippen LogP contribution in [-0.4, -0.2) is 22.6 Å². The molecule has 0 spiro atoms. The van der Waals surface area contributed by atoms with Gasteiger partial charge in [0.05, 0.1) is 11.6 Å². The molecule has 27 heavy (non-hydrogen) atoms. The zero-order valence-electron chi connectivity index (χ0n) is 15.0. The number of carbonyl (C=O) groups excluding carboxylic acids is 1. The van der Waals surface area contributed by atoms with Crippen LogP contribution in [0.5, 0.6) is 0 Å². The average Bonchev–Trinajstić information content (AvgIpc) is 3.03. The van der Waals surface area contributed by atoms with Gasteiger partial charge in [0.15, 0.2) is 5.69 Å². The molecular weight excluding hydrogens is 381 g/mol. The maximum absolute atomic E-state index is 13.0. The fraction of sp³-hybridized carbons (Fsp3) is 0.444. The third kappa shape index (κ3) is 4.62. The first-order valence-electron chi connectivity index (χ1n) is 8.52. The second kappa shape index (κ2) is 8.31. The number of hydrogen-bond acceptors (Lipinski definition) is 3. The zero-order chi connectivity index (χ0) is 18.9. The van der Waals surface area contributed by atoms with Crippen molar-refractivity contribution < 1.29 is 18.0 Å². The van der Waals surface area contributed by atoms with E-state index in [-0.39, 0.29) is 24.2 Å². The number of benzene rings is 1. The topological polar surface area (TPSA) is 69.8 Å². The summed E-state index contributed by atoms with van der Waals surface area (Å²) in [7, 11) is 0. The first-order valence-corrected chi connectivity index (χ1v) is 8.52. The summed E-state index contributed by atoms with van der Waals surface area (Å²) in [4.78, 5) is 12.7. The third-order valence-electron chi connectivity index (χ3n) is 4.55. The molecule has 0 saturated heterocycles. The van der Waals surface area contributed by atoms with Gasteiger partial charge in [-0.1, -0.05) is 26.0 Å². The number of H-pyrrole nitrogens is 1. The molecule has 2 aromatic rings. The summed E-state index contributed by atoms with van der Waals surface area (Å²) >= 11 is 0. The van der Waals surface area contributed by atoms with Gasteiger partial charge in [0.25, 0.3) is 5.91 Å². The Balaban J connectivity index is 0.00000261. The zero-order valence-corrected chi connectivity index (χ0v) is 15.8. The first kappa shape index (κ1) is 21.2. The molecule has 148 valence electrons. The van der Waals surface area contributed by atoms with Gasteiger partial charge in [0.1, 0.15) is 0 Å². The summed E-state index contributed by atoms with van der Waals surface area (Å²) < 4.78 is 39.0. The average molecular weight is 403 g/mol. The van der Waals surface area contributed by atoms with Crippen molar-refractivity contribution in [3.63, 3.8) is 0 Å². The van der Waals surface area contributed by atoms with E-state index in [1.165, 1.54) is 6.07 Å². The molecule has 5 nitrogen and oxygen atoms in total. The maximum atomic E-state index is 13.0. The molecule has 2 heterocycles. The number of rotatable bonds is 4. The van der Waals surface area contributed by atoms with E-state index in [0.29, 0.717) is 17.8 Å². The molecule has 9 heteroatoms. The van der Waals surface area contributed by atoms with Crippen LogP contribution in [0, 0.1) is 5.92 Å². The number of fused-ring (bicyclic) bond motifs is 1. The largest absolute Gasteiger partial charge is 0.416 e. The molecule has 1 aromatic heterocycles. The number of nitrogens with zero attached hydrogens (tertiary/aromatic N) is 1. The molecule has 1 amide bonds. The lowest BCUT2D eigenvalue weighted by atomic mass is 9.94. The van der Waals surface area contributed by atoms with Crippen LogP contribution in [0.15, 0.2) is 24.3 Å².